The van der Waals surface area contributed by atoms with Gasteiger partial charge in [-0.1, -0.05) is 72.3 Å². The van der Waals surface area contributed by atoms with E-state index in [1.807, 2.05) is 0 Å². The molecule has 4 amide bonds. The van der Waals surface area contributed by atoms with E-state index >= 15 is 0 Å². The number of carboxylic acid groups (broad SMARTS) is 4. The van der Waals surface area contributed by atoms with Gasteiger partial charge in [-0.05, 0) is 219 Å². The highest BCUT2D eigenvalue weighted by atomic mass is 35.5. The van der Waals surface area contributed by atoms with Crippen LogP contribution in [0.25, 0.3) is 44.1 Å². The number of nitrogens with one attached hydrogen (secondary N) is 4. The molecule has 12 aromatic carbocycles. The van der Waals surface area contributed by atoms with E-state index in [2.05, 4.69) is 65.9 Å². The van der Waals surface area contributed by atoms with Crippen LogP contribution in [-0.2, 0) is 0 Å². The number of anilines is 4. The van der Waals surface area contributed by atoms with E-state index in [0.29, 0.717) is 95.4 Å². The number of amides is 4. The van der Waals surface area contributed by atoms with Crippen molar-refractivity contribution in [1.29, 1.82) is 0 Å². The predicted octanol–water partition coefficient (Wildman–Crippen LogP) is 19.3. The third-order valence-electron chi connectivity index (χ3n) is 17.9. The molecule has 0 aliphatic heterocycles. The molecule has 0 saturated carbocycles. The number of rotatable bonds is 24. The second kappa shape index (κ2) is 40.4. The summed E-state index contributed by atoms with van der Waals surface area (Å²) in [7, 11) is 3.03. The summed E-state index contributed by atoms with van der Waals surface area (Å²) in [6.45, 7) is -1.40. The molecule has 16 aromatic rings. The molecule has 0 aliphatic rings. The maximum absolute atomic E-state index is 13.4. The van der Waals surface area contributed by atoms with E-state index in [1.165, 1.54) is 160 Å². The minimum atomic E-state index is -3.08. The third-order valence-corrected chi connectivity index (χ3v) is 18.2. The van der Waals surface area contributed by atoms with Crippen LogP contribution in [-0.4, -0.2) is 129 Å². The fraction of sp³-hybridized carbons (Fsp3) is 0.0435. The molecule has 0 bridgehead atoms. The van der Waals surface area contributed by atoms with Gasteiger partial charge in [0.15, 0.2) is 45.8 Å². The van der Waals surface area contributed by atoms with Gasteiger partial charge in [0.2, 0.25) is 0 Å². The summed E-state index contributed by atoms with van der Waals surface area (Å²) in [5, 5.41) is 46.7. The predicted molar refractivity (Wildman–Crippen MR) is 459 cm³/mol. The average molecular weight is 1750 g/mol. The topological polar surface area (TPSA) is 433 Å². The minimum Gasteiger partial charge on any atom is -0.497 e. The number of aryl methyl sites for hydroxylation is 1. The van der Waals surface area contributed by atoms with Gasteiger partial charge in [0.1, 0.15) is 28.9 Å². The zero-order valence-electron chi connectivity index (χ0n) is 66.4. The molecule has 16 rings (SSSR count). The zero-order valence-corrected chi connectivity index (χ0v) is 67.2. The van der Waals surface area contributed by atoms with Crippen LogP contribution >= 0.6 is 11.6 Å². The van der Waals surface area contributed by atoms with Gasteiger partial charge in [-0.15, -0.1) is 0 Å². The number of para-hydroxylation sites is 10. The molecule has 0 radical (unpaired) electrons. The third kappa shape index (κ3) is 22.4. The summed E-state index contributed by atoms with van der Waals surface area (Å²) in [5.41, 5.74) is 5.74. The molecule has 8 N–H and O–H groups in total. The first-order chi connectivity index (χ1) is 61.7. The van der Waals surface area contributed by atoms with E-state index in [0.717, 1.165) is 6.07 Å². The number of carbonyl (C=O) groups excluding carboxylic acids is 4. The lowest BCUT2D eigenvalue weighted by Gasteiger charge is -2.14. The van der Waals surface area contributed by atoms with Gasteiger partial charge in [0.05, 0.1) is 85.6 Å². The zero-order chi connectivity index (χ0) is 90.7. The summed E-state index contributed by atoms with van der Waals surface area (Å²) in [6.07, 6.45) is 0. The molecule has 0 aliphatic carbocycles. The Morgan fingerprint density at radius 3 is 0.883 bits per heavy atom. The Morgan fingerprint density at radius 2 is 0.586 bits per heavy atom. The van der Waals surface area contributed by atoms with Crippen molar-refractivity contribution in [3.8, 4) is 63.8 Å². The number of halogens is 5. The summed E-state index contributed by atoms with van der Waals surface area (Å²) in [5.74, 6) is -6.71. The molecule has 0 unspecified atom stereocenters. The van der Waals surface area contributed by atoms with Gasteiger partial charge in [-0.3, -0.25) is 19.2 Å². The fourth-order valence-electron chi connectivity index (χ4n) is 11.6. The molecule has 128 heavy (non-hydrogen) atoms. The van der Waals surface area contributed by atoms with Crippen LogP contribution in [0.15, 0.2) is 273 Å². The SMILES string of the molecule is COc1ccc(Oc2nc3ccccc3nc2C(=O)Nc2ccc(C(=O)O)cc2)c(OC)c1.Cc1cc(F)ccc1Oc1nc2ccccc2nc1C(=O)Nc1ccc(C(=O)O)cc1.O=C(O)c1ccc(NC(=O)c2nc3ccccc3nc2Oc2ccc(F)cc2Cl)cc1.O=C(O)c1ccc(NC(=O)c2nc3ccccc3nc2Oc2ccccc2OC(F)F)cc1. The number of nitrogens with zero attached hydrogens (tertiary/aromatic N) is 8. The van der Waals surface area contributed by atoms with Crippen molar-refractivity contribution in [2.75, 3.05) is 35.5 Å². The Bertz CT molecular complexity index is 6730. The van der Waals surface area contributed by atoms with Gasteiger partial charge in [-0.2, -0.15) is 8.78 Å². The molecule has 31 nitrogen and oxygen atoms in total. The second-order valence-electron chi connectivity index (χ2n) is 26.5. The van der Waals surface area contributed by atoms with Crippen molar-refractivity contribution in [1.82, 2.24) is 39.9 Å². The number of benzene rings is 12. The van der Waals surface area contributed by atoms with Crippen molar-refractivity contribution in [3.05, 3.63) is 340 Å². The normalized spacial score (nSPS) is 10.6. The number of hydrogen-bond acceptors (Lipinski definition) is 23. The molecule has 0 saturated heterocycles. The highest BCUT2D eigenvalue weighted by molar-refractivity contribution is 6.32. The number of carbonyl (C=O) groups is 8. The number of aromatic nitrogens is 8. The van der Waals surface area contributed by atoms with E-state index in [1.54, 1.807) is 128 Å². The summed E-state index contributed by atoms with van der Waals surface area (Å²) in [4.78, 5) is 131. The van der Waals surface area contributed by atoms with Gasteiger partial charge in [0, 0.05) is 28.8 Å². The van der Waals surface area contributed by atoms with Crippen LogP contribution in [0.2, 0.25) is 5.02 Å². The molecule has 0 fully saturated rings. The van der Waals surface area contributed by atoms with Crippen molar-refractivity contribution in [3.63, 3.8) is 0 Å². The highest BCUT2D eigenvalue weighted by Crippen LogP contribution is 2.39. The van der Waals surface area contributed by atoms with Crippen LogP contribution in [0, 0.1) is 18.6 Å². The summed E-state index contributed by atoms with van der Waals surface area (Å²) < 4.78 is 90.6. The van der Waals surface area contributed by atoms with Crippen molar-refractivity contribution >= 4 is 126 Å². The van der Waals surface area contributed by atoms with Crippen molar-refractivity contribution in [2.24, 2.45) is 0 Å². The van der Waals surface area contributed by atoms with Gasteiger partial charge >= 0.3 is 30.5 Å². The Kier molecular flexibility index (Phi) is 27.8. The molecule has 4 aromatic heterocycles. The average Bonchev–Trinajstić information content (AvgIpc) is 0.806. The quantitative estimate of drug-likeness (QED) is 0.0260. The lowest BCUT2D eigenvalue weighted by molar-refractivity contribution is -0.0510. The summed E-state index contributed by atoms with van der Waals surface area (Å²) >= 11 is 6.04. The largest absolute Gasteiger partial charge is 0.497 e. The van der Waals surface area contributed by atoms with Crippen LogP contribution in [0.3, 0.4) is 0 Å². The standard InChI is InChI=1S/C24H19N3O6.C23H15F2N3O5.C23H16FN3O4.C22H13ClFN3O4/c1-31-16-11-12-19(20(13-16)32-2)33-23-21(26-17-5-3-4-6-18(17)27-23)22(28)25-15-9-7-14(8-10-15)24(29)30;24-23(25)33-18-8-4-3-7-17(18)32-21-19(27-15-5-1-2-6-16(15)28-21)20(29)26-14-11-9-13(10-12-14)22(30)31;1-13-12-15(24)8-11-19(13)31-22-20(26-17-4-2-3-5-18(17)27-22)21(28)25-16-9-6-14(7-10-16)23(29)30;23-15-11-13(24)7-10-18(15)31-21-19(26-16-3-1-2-4-17(16)27-21)20(28)25-14-8-5-12(6-9-14)22(29)30/h3-13H,1-2H3,(H,25,28)(H,29,30);1-12,23H,(H,26,29)(H,30,31);2-12H,1H3,(H,25,28)(H,29,30);1-11H,(H,25,28)(H,29,30). The monoisotopic (exact) mass is 1750 g/mol. The van der Waals surface area contributed by atoms with Crippen LogP contribution in [0.4, 0.5) is 40.3 Å². The number of methoxy groups -OCH3 is 2. The number of hydrogen-bond donors (Lipinski definition) is 8. The number of aromatic carboxylic acids is 4. The van der Waals surface area contributed by atoms with E-state index < -0.39 is 65.8 Å². The fourth-order valence-corrected chi connectivity index (χ4v) is 11.9. The van der Waals surface area contributed by atoms with Crippen LogP contribution < -0.4 is 54.4 Å². The molecule has 0 atom stereocenters. The first-order valence-corrected chi connectivity index (χ1v) is 37.9. The van der Waals surface area contributed by atoms with E-state index in [9.17, 15) is 55.9 Å². The van der Waals surface area contributed by atoms with Crippen LogP contribution in [0.5, 0.6) is 63.8 Å². The molecule has 4 heterocycles. The Hall–Kier alpha value is -17.6. The number of alkyl halides is 2. The minimum absolute atomic E-state index is 0.00516. The number of fused-ring (bicyclic) bond motifs is 4. The summed E-state index contributed by atoms with van der Waals surface area (Å²) in [6, 6.07) is 68.6. The van der Waals surface area contributed by atoms with Gasteiger partial charge < -0.3 is 74.9 Å². The number of carboxylic acids is 4. The second-order valence-corrected chi connectivity index (χ2v) is 27.0. The molecule has 640 valence electrons. The van der Waals surface area contributed by atoms with Crippen molar-refractivity contribution < 1.29 is 110 Å². The van der Waals surface area contributed by atoms with Crippen molar-refractivity contribution in [2.45, 2.75) is 13.5 Å². The highest BCUT2D eigenvalue weighted by Gasteiger charge is 2.27. The first kappa shape index (κ1) is 88.2. The first-order valence-electron chi connectivity index (χ1n) is 37.5. The molecule has 36 heteroatoms. The maximum Gasteiger partial charge on any atom is 0.387 e. The van der Waals surface area contributed by atoms with Gasteiger partial charge in [-0.25, -0.2) is 67.8 Å². The Labute approximate surface area is 724 Å². The van der Waals surface area contributed by atoms with Crippen LogP contribution in [0.1, 0.15) is 88.9 Å². The Balaban J connectivity index is 0.000000146. The number of ether oxygens (including phenoxy) is 7. The lowest BCUT2D eigenvalue weighted by atomic mass is 10.2. The lowest BCUT2D eigenvalue weighted by Crippen LogP contribution is -2.16. The molecular weight excluding hydrogens is 1690 g/mol. The Morgan fingerprint density at radius 1 is 0.312 bits per heavy atom. The van der Waals surface area contributed by atoms with E-state index in [-0.39, 0.29) is 90.8 Å². The van der Waals surface area contributed by atoms with E-state index in [4.69, 9.17) is 60.4 Å². The van der Waals surface area contributed by atoms with Gasteiger partial charge in [0.25, 0.3) is 47.1 Å². The maximum atomic E-state index is 13.4. The smallest absolute Gasteiger partial charge is 0.387 e. The molecule has 0 spiro atoms. The molecular formula is C92H63ClF4N12O19.